The molecule has 1 aliphatic rings. The van der Waals surface area contributed by atoms with Gasteiger partial charge in [-0.25, -0.2) is 4.98 Å². The number of hydrogen-bond acceptors (Lipinski definition) is 5. The molecule has 4 nitrogen and oxygen atoms in total. The van der Waals surface area contributed by atoms with Crippen molar-refractivity contribution >= 4 is 16.5 Å². The van der Waals surface area contributed by atoms with Crippen LogP contribution in [0.15, 0.2) is 24.4 Å². The first-order chi connectivity index (χ1) is 10.0. The van der Waals surface area contributed by atoms with Crippen molar-refractivity contribution in [1.82, 2.24) is 4.98 Å². The molecule has 0 bridgehead atoms. The third-order valence-electron chi connectivity index (χ3n) is 2.91. The predicted molar refractivity (Wildman–Crippen MR) is 71.9 cm³/mol. The van der Waals surface area contributed by atoms with Crippen molar-refractivity contribution in [2.45, 2.75) is 12.6 Å². The molecule has 0 radical (unpaired) electrons. The van der Waals surface area contributed by atoms with E-state index in [1.54, 1.807) is 0 Å². The van der Waals surface area contributed by atoms with E-state index in [1.807, 2.05) is 18.2 Å². The highest BCUT2D eigenvalue weighted by Gasteiger charge is 2.33. The Labute approximate surface area is 122 Å². The maximum atomic E-state index is 12.4. The van der Waals surface area contributed by atoms with Gasteiger partial charge in [-0.3, -0.25) is 0 Å². The topological polar surface area (TPSA) is 43.4 Å². The lowest BCUT2D eigenvalue weighted by atomic mass is 10.1. The minimum Gasteiger partial charge on any atom is -0.454 e. The van der Waals surface area contributed by atoms with Crippen LogP contribution in [-0.2, 0) is 12.6 Å². The van der Waals surface area contributed by atoms with Crippen LogP contribution in [0.5, 0.6) is 11.5 Å². The zero-order valence-electron chi connectivity index (χ0n) is 10.7. The smallest absolute Gasteiger partial charge is 0.427 e. The average Bonchev–Trinajstić information content (AvgIpc) is 3.05. The fourth-order valence-electron chi connectivity index (χ4n) is 1.90. The van der Waals surface area contributed by atoms with Crippen molar-refractivity contribution in [3.05, 3.63) is 34.8 Å². The predicted octanol–water partition coefficient (Wildman–Crippen LogP) is 3.55. The average molecular weight is 316 g/mol. The van der Waals surface area contributed by atoms with Gasteiger partial charge < -0.3 is 14.8 Å². The summed E-state index contributed by atoms with van der Waals surface area (Å²) >= 11 is 0.603. The molecule has 112 valence electrons. The molecule has 0 saturated carbocycles. The number of alkyl halides is 3. The largest absolute Gasteiger partial charge is 0.454 e. The van der Waals surface area contributed by atoms with Gasteiger partial charge in [-0.1, -0.05) is 17.4 Å². The van der Waals surface area contributed by atoms with Crippen molar-refractivity contribution in [2.75, 3.05) is 18.7 Å². The van der Waals surface area contributed by atoms with Gasteiger partial charge in [0.2, 0.25) is 6.79 Å². The third-order valence-corrected chi connectivity index (χ3v) is 3.91. The van der Waals surface area contributed by atoms with E-state index in [0.717, 1.165) is 11.8 Å². The molecule has 21 heavy (non-hydrogen) atoms. The molecule has 0 amide bonds. The summed E-state index contributed by atoms with van der Waals surface area (Å²) in [6.45, 7) is 0.709. The van der Waals surface area contributed by atoms with E-state index in [-0.39, 0.29) is 11.9 Å². The molecule has 0 atom stereocenters. The van der Waals surface area contributed by atoms with Crippen LogP contribution < -0.4 is 14.8 Å². The summed E-state index contributed by atoms with van der Waals surface area (Å²) < 4.78 is 47.8. The summed E-state index contributed by atoms with van der Waals surface area (Å²) in [6.07, 6.45) is -2.85. The van der Waals surface area contributed by atoms with Gasteiger partial charge in [0.05, 0.1) is 6.20 Å². The van der Waals surface area contributed by atoms with Crippen LogP contribution in [-0.4, -0.2) is 18.3 Å². The van der Waals surface area contributed by atoms with Gasteiger partial charge in [0.15, 0.2) is 16.6 Å². The number of nitrogens with one attached hydrogen (secondary N) is 1. The van der Waals surface area contributed by atoms with Crippen LogP contribution in [0.3, 0.4) is 0 Å². The SMILES string of the molecule is FC(F)(F)c1cnc(NCCc2ccc3c(c2)OCO3)s1. The highest BCUT2D eigenvalue weighted by atomic mass is 32.1. The maximum absolute atomic E-state index is 12.4. The number of hydrogen-bond donors (Lipinski definition) is 1. The number of ether oxygens (including phenoxy) is 2. The van der Waals surface area contributed by atoms with Crippen molar-refractivity contribution in [1.29, 1.82) is 0 Å². The Morgan fingerprint density at radius 2 is 2.05 bits per heavy atom. The van der Waals surface area contributed by atoms with E-state index < -0.39 is 11.1 Å². The second-order valence-corrected chi connectivity index (χ2v) is 5.42. The lowest BCUT2D eigenvalue weighted by Crippen LogP contribution is -2.04. The molecule has 8 heteroatoms. The van der Waals surface area contributed by atoms with E-state index >= 15 is 0 Å². The van der Waals surface area contributed by atoms with Gasteiger partial charge in [-0.05, 0) is 24.1 Å². The van der Waals surface area contributed by atoms with Crippen molar-refractivity contribution in [2.24, 2.45) is 0 Å². The van der Waals surface area contributed by atoms with Gasteiger partial charge in [0, 0.05) is 6.54 Å². The Morgan fingerprint density at radius 3 is 2.81 bits per heavy atom. The van der Waals surface area contributed by atoms with E-state index in [4.69, 9.17) is 9.47 Å². The number of thiazole rings is 1. The lowest BCUT2D eigenvalue weighted by Gasteiger charge is -2.04. The number of rotatable bonds is 4. The molecule has 3 rings (SSSR count). The Morgan fingerprint density at radius 1 is 1.24 bits per heavy atom. The van der Waals surface area contributed by atoms with Crippen LogP contribution >= 0.6 is 11.3 Å². The highest BCUT2D eigenvalue weighted by Crippen LogP contribution is 2.35. The summed E-state index contributed by atoms with van der Waals surface area (Å²) in [7, 11) is 0. The molecular weight excluding hydrogens is 305 g/mol. The fraction of sp³-hybridized carbons (Fsp3) is 0.308. The van der Waals surface area contributed by atoms with E-state index in [9.17, 15) is 13.2 Å². The molecule has 0 fully saturated rings. The number of nitrogens with zero attached hydrogens (tertiary/aromatic N) is 1. The van der Waals surface area contributed by atoms with Crippen LogP contribution in [0.1, 0.15) is 10.4 Å². The molecular formula is C13H11F3N2O2S. The zero-order chi connectivity index (χ0) is 14.9. The summed E-state index contributed by atoms with van der Waals surface area (Å²) in [5, 5.41) is 3.16. The standard InChI is InChI=1S/C13H11F3N2O2S/c14-13(15,16)11-6-18-12(21-11)17-4-3-8-1-2-9-10(5-8)20-7-19-9/h1-2,5-6H,3-4,7H2,(H,17,18). The van der Waals surface area contributed by atoms with Gasteiger partial charge in [0.25, 0.3) is 0 Å². The molecule has 2 heterocycles. The fourth-order valence-corrected chi connectivity index (χ4v) is 2.61. The van der Waals surface area contributed by atoms with Crippen LogP contribution in [0.25, 0.3) is 0 Å². The Hall–Kier alpha value is -1.96. The molecule has 0 spiro atoms. The molecule has 0 aliphatic carbocycles. The summed E-state index contributed by atoms with van der Waals surface area (Å²) in [5.74, 6) is 1.41. The van der Waals surface area contributed by atoms with Gasteiger partial charge in [0.1, 0.15) is 4.88 Å². The number of anilines is 1. The van der Waals surface area contributed by atoms with Crippen LogP contribution in [0.2, 0.25) is 0 Å². The Kier molecular flexibility index (Phi) is 3.62. The second-order valence-electron chi connectivity index (χ2n) is 4.39. The second kappa shape index (κ2) is 5.44. The van der Waals surface area contributed by atoms with Crippen LogP contribution in [0, 0.1) is 0 Å². The minimum absolute atomic E-state index is 0.219. The quantitative estimate of drug-likeness (QED) is 0.937. The third kappa shape index (κ3) is 3.21. The number of benzene rings is 1. The van der Waals surface area contributed by atoms with Crippen LogP contribution in [0.4, 0.5) is 18.3 Å². The Bertz CT molecular complexity index is 643. The zero-order valence-corrected chi connectivity index (χ0v) is 11.6. The summed E-state index contributed by atoms with van der Waals surface area (Å²) in [5.41, 5.74) is 1.01. The number of halogens is 3. The Balaban J connectivity index is 1.55. The van der Waals surface area contributed by atoms with E-state index in [2.05, 4.69) is 10.3 Å². The maximum Gasteiger partial charge on any atom is 0.427 e. The number of aromatic nitrogens is 1. The van der Waals surface area contributed by atoms with Gasteiger partial charge in [-0.2, -0.15) is 13.2 Å². The van der Waals surface area contributed by atoms with E-state index in [0.29, 0.717) is 35.8 Å². The molecule has 1 aromatic heterocycles. The van der Waals surface area contributed by atoms with Gasteiger partial charge >= 0.3 is 6.18 Å². The lowest BCUT2D eigenvalue weighted by molar-refractivity contribution is -0.134. The molecule has 2 aromatic rings. The van der Waals surface area contributed by atoms with Crippen molar-refractivity contribution in [3.8, 4) is 11.5 Å². The molecule has 1 N–H and O–H groups in total. The normalized spacial score (nSPS) is 13.5. The van der Waals surface area contributed by atoms with Crippen molar-refractivity contribution in [3.63, 3.8) is 0 Å². The van der Waals surface area contributed by atoms with Crippen molar-refractivity contribution < 1.29 is 22.6 Å². The minimum atomic E-state index is -4.34. The first-order valence-corrected chi connectivity index (χ1v) is 6.99. The molecule has 1 aromatic carbocycles. The first-order valence-electron chi connectivity index (χ1n) is 6.18. The summed E-state index contributed by atoms with van der Waals surface area (Å²) in [6, 6.07) is 5.59. The number of fused-ring (bicyclic) bond motifs is 1. The van der Waals surface area contributed by atoms with Gasteiger partial charge in [-0.15, -0.1) is 0 Å². The molecule has 0 saturated heterocycles. The molecule has 1 aliphatic heterocycles. The monoisotopic (exact) mass is 316 g/mol. The first kappa shape index (κ1) is 14.0. The van der Waals surface area contributed by atoms with E-state index in [1.165, 1.54) is 0 Å². The highest BCUT2D eigenvalue weighted by molar-refractivity contribution is 7.15. The molecule has 0 unspecified atom stereocenters. The summed E-state index contributed by atoms with van der Waals surface area (Å²) in [4.78, 5) is 3.01.